The SMILES string of the molecule is CCN(Cc1ccccc1)c1cnc(C(=O)Nc2cc(C)cc(C)c2)cn1. The summed E-state index contributed by atoms with van der Waals surface area (Å²) < 4.78 is 0. The van der Waals surface area contributed by atoms with E-state index >= 15 is 0 Å². The van der Waals surface area contributed by atoms with Crippen LogP contribution in [0.3, 0.4) is 0 Å². The topological polar surface area (TPSA) is 58.1 Å². The molecule has 3 rings (SSSR count). The van der Waals surface area contributed by atoms with Crippen molar-refractivity contribution in [1.29, 1.82) is 0 Å². The van der Waals surface area contributed by atoms with Crippen LogP contribution in [0.15, 0.2) is 60.9 Å². The summed E-state index contributed by atoms with van der Waals surface area (Å²) in [6.45, 7) is 7.63. The molecule has 0 fully saturated rings. The molecule has 1 N–H and O–H groups in total. The fourth-order valence-electron chi connectivity index (χ4n) is 3.00. The lowest BCUT2D eigenvalue weighted by Gasteiger charge is -2.21. The lowest BCUT2D eigenvalue weighted by Crippen LogP contribution is -2.24. The third-order valence-electron chi connectivity index (χ3n) is 4.27. The highest BCUT2D eigenvalue weighted by Gasteiger charge is 2.12. The lowest BCUT2D eigenvalue weighted by atomic mass is 10.1. The van der Waals surface area contributed by atoms with Crippen molar-refractivity contribution in [3.8, 4) is 0 Å². The maximum atomic E-state index is 12.5. The highest BCUT2D eigenvalue weighted by Crippen LogP contribution is 2.16. The molecule has 0 radical (unpaired) electrons. The molecular formula is C22H24N4O. The Labute approximate surface area is 160 Å². The molecule has 0 aliphatic rings. The molecule has 0 saturated heterocycles. The van der Waals surface area contributed by atoms with Crippen LogP contribution in [0.2, 0.25) is 0 Å². The molecule has 0 saturated carbocycles. The molecule has 5 heteroatoms. The van der Waals surface area contributed by atoms with Crippen LogP contribution in [0.25, 0.3) is 0 Å². The van der Waals surface area contributed by atoms with Crippen LogP contribution in [-0.2, 0) is 6.54 Å². The molecule has 1 aromatic heterocycles. The second kappa shape index (κ2) is 8.45. The van der Waals surface area contributed by atoms with Gasteiger partial charge in [0.1, 0.15) is 11.5 Å². The summed E-state index contributed by atoms with van der Waals surface area (Å²) in [5.41, 5.74) is 4.48. The molecule has 0 unspecified atom stereocenters. The van der Waals surface area contributed by atoms with E-state index in [-0.39, 0.29) is 5.91 Å². The molecule has 3 aromatic rings. The van der Waals surface area contributed by atoms with Crippen LogP contribution in [-0.4, -0.2) is 22.4 Å². The molecule has 1 amide bonds. The molecule has 0 spiro atoms. The van der Waals surface area contributed by atoms with Gasteiger partial charge in [-0.3, -0.25) is 4.79 Å². The number of benzene rings is 2. The number of anilines is 2. The smallest absolute Gasteiger partial charge is 0.275 e. The number of carbonyl (C=O) groups is 1. The quantitative estimate of drug-likeness (QED) is 0.709. The van der Waals surface area contributed by atoms with Gasteiger partial charge < -0.3 is 10.2 Å². The summed E-state index contributed by atoms with van der Waals surface area (Å²) >= 11 is 0. The molecule has 138 valence electrons. The van der Waals surface area contributed by atoms with Crippen LogP contribution >= 0.6 is 0 Å². The summed E-state index contributed by atoms with van der Waals surface area (Å²) in [6.07, 6.45) is 3.18. The predicted octanol–water partition coefficient (Wildman–Crippen LogP) is 4.37. The highest BCUT2D eigenvalue weighted by molar-refractivity contribution is 6.02. The van der Waals surface area contributed by atoms with Crippen LogP contribution < -0.4 is 10.2 Å². The number of nitrogens with one attached hydrogen (secondary N) is 1. The first-order valence-electron chi connectivity index (χ1n) is 9.05. The first kappa shape index (κ1) is 18.6. The average molecular weight is 360 g/mol. The van der Waals surface area contributed by atoms with E-state index in [4.69, 9.17) is 0 Å². The molecule has 5 nitrogen and oxygen atoms in total. The number of nitrogens with zero attached hydrogens (tertiary/aromatic N) is 3. The van der Waals surface area contributed by atoms with E-state index in [9.17, 15) is 4.79 Å². The van der Waals surface area contributed by atoms with Crippen molar-refractivity contribution in [2.45, 2.75) is 27.3 Å². The van der Waals surface area contributed by atoms with Crippen LogP contribution in [0.1, 0.15) is 34.1 Å². The minimum atomic E-state index is -0.259. The van der Waals surface area contributed by atoms with Crippen molar-refractivity contribution < 1.29 is 4.79 Å². The van der Waals surface area contributed by atoms with Gasteiger partial charge in [0.05, 0.1) is 12.4 Å². The summed E-state index contributed by atoms with van der Waals surface area (Å²) in [5.74, 6) is 0.495. The fraction of sp³-hybridized carbons (Fsp3) is 0.227. The van der Waals surface area contributed by atoms with Crippen LogP contribution in [0.4, 0.5) is 11.5 Å². The maximum Gasteiger partial charge on any atom is 0.275 e. The van der Waals surface area contributed by atoms with E-state index < -0.39 is 0 Å². The first-order chi connectivity index (χ1) is 13.0. The normalized spacial score (nSPS) is 10.5. The number of aryl methyl sites for hydroxylation is 2. The Kier molecular flexibility index (Phi) is 5.81. The first-order valence-corrected chi connectivity index (χ1v) is 9.05. The largest absolute Gasteiger partial charge is 0.351 e. The maximum absolute atomic E-state index is 12.5. The monoisotopic (exact) mass is 360 g/mol. The zero-order valence-corrected chi connectivity index (χ0v) is 15.9. The highest BCUT2D eigenvalue weighted by atomic mass is 16.1. The number of aromatic nitrogens is 2. The number of carbonyl (C=O) groups excluding carboxylic acids is 1. The Morgan fingerprint density at radius 2 is 1.70 bits per heavy atom. The third kappa shape index (κ3) is 4.91. The van der Waals surface area contributed by atoms with Crippen molar-refractivity contribution >= 4 is 17.4 Å². The van der Waals surface area contributed by atoms with E-state index in [1.54, 1.807) is 6.20 Å². The van der Waals surface area contributed by atoms with E-state index in [0.717, 1.165) is 35.7 Å². The minimum absolute atomic E-state index is 0.259. The number of hydrogen-bond donors (Lipinski definition) is 1. The van der Waals surface area contributed by atoms with E-state index in [1.807, 2.05) is 44.2 Å². The number of amides is 1. The molecule has 0 aliphatic heterocycles. The predicted molar refractivity (Wildman–Crippen MR) is 109 cm³/mol. The molecular weight excluding hydrogens is 336 g/mol. The molecule has 0 atom stereocenters. The second-order valence-corrected chi connectivity index (χ2v) is 6.59. The van der Waals surface area contributed by atoms with E-state index in [0.29, 0.717) is 5.69 Å². The number of hydrogen-bond acceptors (Lipinski definition) is 4. The summed E-state index contributed by atoms with van der Waals surface area (Å²) in [7, 11) is 0. The minimum Gasteiger partial charge on any atom is -0.351 e. The van der Waals surface area contributed by atoms with Gasteiger partial charge in [-0.1, -0.05) is 36.4 Å². The standard InChI is InChI=1S/C22H24N4O/c1-4-26(15-18-8-6-5-7-9-18)21-14-23-20(13-24-21)22(27)25-19-11-16(2)10-17(3)12-19/h5-14H,4,15H2,1-3H3,(H,25,27). The number of rotatable bonds is 6. The van der Waals surface area contributed by atoms with Crippen LogP contribution in [0, 0.1) is 13.8 Å². The zero-order valence-electron chi connectivity index (χ0n) is 15.9. The van der Waals surface area contributed by atoms with Gasteiger partial charge in [-0.05, 0) is 49.6 Å². The Morgan fingerprint density at radius 1 is 1.00 bits per heavy atom. The Balaban J connectivity index is 1.70. The summed E-state index contributed by atoms with van der Waals surface area (Å²) in [4.78, 5) is 23.3. The van der Waals surface area contributed by atoms with Crippen molar-refractivity contribution in [3.05, 3.63) is 83.3 Å². The van der Waals surface area contributed by atoms with Gasteiger partial charge in [0, 0.05) is 18.8 Å². The van der Waals surface area contributed by atoms with Crippen molar-refractivity contribution in [2.24, 2.45) is 0 Å². The molecule has 0 bridgehead atoms. The van der Waals surface area contributed by atoms with Gasteiger partial charge >= 0.3 is 0 Å². The third-order valence-corrected chi connectivity index (χ3v) is 4.27. The Hall–Kier alpha value is -3.21. The summed E-state index contributed by atoms with van der Waals surface area (Å²) in [6, 6.07) is 16.2. The molecule has 1 heterocycles. The Bertz CT molecular complexity index is 887. The van der Waals surface area contributed by atoms with Gasteiger partial charge in [-0.15, -0.1) is 0 Å². The van der Waals surface area contributed by atoms with Crippen LogP contribution in [0.5, 0.6) is 0 Å². The van der Waals surface area contributed by atoms with Gasteiger partial charge in [0.25, 0.3) is 5.91 Å². The molecule has 2 aromatic carbocycles. The fourth-order valence-corrected chi connectivity index (χ4v) is 3.00. The second-order valence-electron chi connectivity index (χ2n) is 6.59. The van der Waals surface area contributed by atoms with Crippen molar-refractivity contribution in [2.75, 3.05) is 16.8 Å². The molecule has 27 heavy (non-hydrogen) atoms. The van der Waals surface area contributed by atoms with E-state index in [2.05, 4.69) is 45.3 Å². The van der Waals surface area contributed by atoms with Gasteiger partial charge in [-0.25, -0.2) is 9.97 Å². The average Bonchev–Trinajstić information content (AvgIpc) is 2.66. The van der Waals surface area contributed by atoms with Crippen molar-refractivity contribution in [1.82, 2.24) is 9.97 Å². The van der Waals surface area contributed by atoms with Gasteiger partial charge in [-0.2, -0.15) is 0 Å². The molecule has 0 aliphatic carbocycles. The lowest BCUT2D eigenvalue weighted by molar-refractivity contribution is 0.102. The van der Waals surface area contributed by atoms with Gasteiger partial charge in [0.2, 0.25) is 0 Å². The Morgan fingerprint density at radius 3 is 2.30 bits per heavy atom. The van der Waals surface area contributed by atoms with Crippen molar-refractivity contribution in [3.63, 3.8) is 0 Å². The van der Waals surface area contributed by atoms with E-state index in [1.165, 1.54) is 11.8 Å². The zero-order chi connectivity index (χ0) is 19.2. The van der Waals surface area contributed by atoms with Gasteiger partial charge in [0.15, 0.2) is 0 Å². The summed E-state index contributed by atoms with van der Waals surface area (Å²) in [5, 5.41) is 2.89.